The van der Waals surface area contributed by atoms with Crippen LogP contribution >= 0.6 is 0 Å². The number of rotatable bonds is 28. The van der Waals surface area contributed by atoms with Crippen molar-refractivity contribution in [1.29, 1.82) is 0 Å². The fraction of sp³-hybridized carbons (Fsp3) is 0.850. The number of β-amino-alcohol motifs (C(OH)–C–C–N with tert-alkyl or cyclic N) is 1. The van der Waals surface area contributed by atoms with E-state index in [-0.39, 0.29) is 52.4 Å². The van der Waals surface area contributed by atoms with Gasteiger partial charge in [0, 0.05) is 41.2 Å². The maximum atomic E-state index is 11.9. The molecule has 0 aromatic carbocycles. The number of hydrogen-bond donors (Lipinski definition) is 3. The van der Waals surface area contributed by atoms with E-state index in [1.54, 1.807) is 13.8 Å². The molecular weight excluding hydrogens is 620 g/mol. The highest BCUT2D eigenvalue weighted by atomic mass is 16.5. The topological polar surface area (TPSA) is 115 Å². The Bertz CT molecular complexity index is 1010. The van der Waals surface area contributed by atoms with E-state index < -0.39 is 12.1 Å². The van der Waals surface area contributed by atoms with Crippen molar-refractivity contribution in [2.75, 3.05) is 46.1 Å². The Morgan fingerprint density at radius 2 is 1.29 bits per heavy atom. The van der Waals surface area contributed by atoms with Crippen LogP contribution in [-0.2, 0) is 28.5 Å². The van der Waals surface area contributed by atoms with Crippen molar-refractivity contribution in [3.63, 3.8) is 0 Å². The van der Waals surface area contributed by atoms with Gasteiger partial charge in [0.1, 0.15) is 12.7 Å². The van der Waals surface area contributed by atoms with Crippen molar-refractivity contribution in [3.8, 4) is 0 Å². The third kappa shape index (κ3) is 18.9. The Hall–Kier alpha value is -1.78. The minimum Gasteiger partial charge on any atom is -0.462 e. The molecule has 3 N–H and O–H groups in total. The molecule has 288 valence electrons. The molecular formula is C40H76N2O7. The second-order valence-corrected chi connectivity index (χ2v) is 16.4. The normalized spacial score (nSPS) is 16.3. The lowest BCUT2D eigenvalue weighted by atomic mass is 9.73. The molecule has 0 saturated carbocycles. The summed E-state index contributed by atoms with van der Waals surface area (Å²) < 4.78 is 23.7. The number of aliphatic hydroxyl groups excluding tert-OH is 1. The molecule has 49 heavy (non-hydrogen) atoms. The number of aliphatic hydroxyl groups is 1. The molecule has 9 nitrogen and oxygen atoms in total. The Morgan fingerprint density at radius 1 is 0.776 bits per heavy atom. The summed E-state index contributed by atoms with van der Waals surface area (Å²) in [5.41, 5.74) is -0.0805. The largest absolute Gasteiger partial charge is 0.462 e. The highest BCUT2D eigenvalue weighted by Crippen LogP contribution is 2.40. The van der Waals surface area contributed by atoms with E-state index in [2.05, 4.69) is 100.0 Å². The van der Waals surface area contributed by atoms with Crippen LogP contribution < -0.4 is 10.6 Å². The first-order valence-electron chi connectivity index (χ1n) is 18.6. The van der Waals surface area contributed by atoms with Crippen LogP contribution in [-0.4, -0.2) is 86.0 Å². The highest BCUT2D eigenvalue weighted by Gasteiger charge is 2.38. The zero-order chi connectivity index (χ0) is 38.1. The summed E-state index contributed by atoms with van der Waals surface area (Å²) in [4.78, 5) is 23.5. The minimum atomic E-state index is -0.810. The van der Waals surface area contributed by atoms with E-state index in [1.165, 1.54) is 0 Å². The SMILES string of the molecule is C=C(C)C(=O)OCC(O)CNC(C)(C)C(C)COCC(CC)(CCCC)CC(C)(C)OCC(C)C(C)(C)NCC(CC)COC(=O)C(=C)C. The van der Waals surface area contributed by atoms with Crippen molar-refractivity contribution in [2.45, 2.75) is 151 Å². The average molecular weight is 697 g/mol. The predicted octanol–water partition coefficient (Wildman–Crippen LogP) is 7.41. The number of ether oxygens (including phenoxy) is 4. The number of carbonyl (C=O) groups excluding carboxylic acids is 2. The van der Waals surface area contributed by atoms with Gasteiger partial charge in [0.05, 0.1) is 32.0 Å². The van der Waals surface area contributed by atoms with E-state index in [0.29, 0.717) is 44.1 Å². The standard InChI is InChI=1S/C40H76N2O7/c1-16-19-20-40(18-3,28-46-23-31(8)38(12,13)42-22-34(43)26-48-36(45)30(6)7)27-37(10,11)49-24-32(9)39(14,15)41-21-33(17-2)25-47-35(44)29(4)5/h31-34,41-43H,4,6,16-28H2,1-3,5,7-15H3. The second-order valence-electron chi connectivity index (χ2n) is 16.4. The molecule has 0 aliphatic heterocycles. The molecule has 9 heteroatoms. The Balaban J connectivity index is 5.21. The fourth-order valence-electron chi connectivity index (χ4n) is 5.47. The van der Waals surface area contributed by atoms with Gasteiger partial charge in [-0.25, -0.2) is 9.59 Å². The molecule has 0 bridgehead atoms. The van der Waals surface area contributed by atoms with Crippen molar-refractivity contribution in [2.24, 2.45) is 23.2 Å². The van der Waals surface area contributed by atoms with Crippen molar-refractivity contribution < 1.29 is 33.6 Å². The zero-order valence-electron chi connectivity index (χ0n) is 33.8. The minimum absolute atomic E-state index is 0.00721. The smallest absolute Gasteiger partial charge is 0.333 e. The molecule has 5 unspecified atom stereocenters. The van der Waals surface area contributed by atoms with Gasteiger partial charge in [-0.05, 0) is 98.3 Å². The number of carbonyl (C=O) groups is 2. The first kappa shape index (κ1) is 47.2. The second kappa shape index (κ2) is 22.2. The summed E-state index contributed by atoms with van der Waals surface area (Å²) in [5.74, 6) is -0.187. The van der Waals surface area contributed by atoms with Gasteiger partial charge in [-0.3, -0.25) is 0 Å². The van der Waals surface area contributed by atoms with Gasteiger partial charge in [-0.15, -0.1) is 0 Å². The van der Waals surface area contributed by atoms with Gasteiger partial charge in [0.25, 0.3) is 0 Å². The molecule has 0 heterocycles. The van der Waals surface area contributed by atoms with Gasteiger partial charge < -0.3 is 34.7 Å². The van der Waals surface area contributed by atoms with Crippen LogP contribution in [0.25, 0.3) is 0 Å². The monoisotopic (exact) mass is 697 g/mol. The van der Waals surface area contributed by atoms with Gasteiger partial charge in [-0.1, -0.05) is 60.6 Å². The zero-order valence-corrected chi connectivity index (χ0v) is 33.8. The van der Waals surface area contributed by atoms with E-state index in [0.717, 1.165) is 45.1 Å². The summed E-state index contributed by atoms with van der Waals surface area (Å²) in [7, 11) is 0. The van der Waals surface area contributed by atoms with Crippen LogP contribution in [0.2, 0.25) is 0 Å². The van der Waals surface area contributed by atoms with Crippen molar-refractivity contribution in [3.05, 3.63) is 24.3 Å². The van der Waals surface area contributed by atoms with E-state index in [4.69, 9.17) is 18.9 Å². The summed E-state index contributed by atoms with van der Waals surface area (Å²) in [6.07, 6.45) is 5.34. The van der Waals surface area contributed by atoms with Crippen molar-refractivity contribution in [1.82, 2.24) is 10.6 Å². The predicted molar refractivity (Wildman–Crippen MR) is 202 cm³/mol. The highest BCUT2D eigenvalue weighted by molar-refractivity contribution is 5.87. The quantitative estimate of drug-likeness (QED) is 0.0568. The molecule has 0 rings (SSSR count). The van der Waals surface area contributed by atoms with E-state index in [9.17, 15) is 14.7 Å². The van der Waals surface area contributed by atoms with Gasteiger partial charge in [0.2, 0.25) is 0 Å². The molecule has 0 spiro atoms. The van der Waals surface area contributed by atoms with Gasteiger partial charge in [0.15, 0.2) is 0 Å². The van der Waals surface area contributed by atoms with Gasteiger partial charge in [-0.2, -0.15) is 0 Å². The third-order valence-corrected chi connectivity index (χ3v) is 10.3. The summed E-state index contributed by atoms with van der Waals surface area (Å²) >= 11 is 0. The van der Waals surface area contributed by atoms with Crippen LogP contribution in [0.3, 0.4) is 0 Å². The summed E-state index contributed by atoms with van der Waals surface area (Å²) in [6, 6.07) is 0. The van der Waals surface area contributed by atoms with E-state index >= 15 is 0 Å². The van der Waals surface area contributed by atoms with Gasteiger partial charge >= 0.3 is 11.9 Å². The van der Waals surface area contributed by atoms with Crippen LogP contribution in [0.4, 0.5) is 0 Å². The maximum absolute atomic E-state index is 11.9. The van der Waals surface area contributed by atoms with Crippen LogP contribution in [0.5, 0.6) is 0 Å². The van der Waals surface area contributed by atoms with Crippen LogP contribution in [0.15, 0.2) is 24.3 Å². The molecule has 0 amide bonds. The molecule has 0 fully saturated rings. The number of esters is 2. The Morgan fingerprint density at radius 3 is 1.78 bits per heavy atom. The molecule has 0 aliphatic rings. The maximum Gasteiger partial charge on any atom is 0.333 e. The van der Waals surface area contributed by atoms with Crippen LogP contribution in [0.1, 0.15) is 129 Å². The van der Waals surface area contributed by atoms with Crippen molar-refractivity contribution >= 4 is 11.9 Å². The number of unbranched alkanes of at least 4 members (excludes halogenated alkanes) is 1. The summed E-state index contributed by atoms with van der Waals surface area (Å²) in [5, 5.41) is 17.5. The molecule has 0 radical (unpaired) electrons. The molecule has 0 aliphatic carbocycles. The summed E-state index contributed by atoms with van der Waals surface area (Å²) in [6.45, 7) is 37.8. The third-order valence-electron chi connectivity index (χ3n) is 10.3. The van der Waals surface area contributed by atoms with Crippen LogP contribution in [0, 0.1) is 23.2 Å². The Kier molecular flexibility index (Phi) is 21.4. The lowest BCUT2D eigenvalue weighted by Gasteiger charge is -2.42. The Labute approximate surface area is 300 Å². The first-order valence-corrected chi connectivity index (χ1v) is 18.6. The van der Waals surface area contributed by atoms with E-state index in [1.807, 2.05) is 0 Å². The number of nitrogens with one attached hydrogen (secondary N) is 2. The molecule has 0 aromatic heterocycles. The average Bonchev–Trinajstić information content (AvgIpc) is 3.03. The first-order chi connectivity index (χ1) is 22.6. The fourth-order valence-corrected chi connectivity index (χ4v) is 5.47. The number of hydrogen-bond acceptors (Lipinski definition) is 9. The molecule has 5 atom stereocenters. The molecule has 0 aromatic rings. The lowest BCUT2D eigenvalue weighted by Crippen LogP contribution is -2.50. The molecule has 0 saturated heterocycles. The lowest BCUT2D eigenvalue weighted by molar-refractivity contribution is -0.142.